The average molecular weight is 430 g/mol. The molecule has 1 unspecified atom stereocenters. The number of alkyl halides is 1. The van der Waals surface area contributed by atoms with Gasteiger partial charge < -0.3 is 9.47 Å². The Balaban J connectivity index is 2.65. The number of fused-ring (bicyclic) bond motifs is 1. The molecule has 0 bridgehead atoms. The summed E-state index contributed by atoms with van der Waals surface area (Å²) in [5.74, 6) is 0.273. The smallest absolute Gasteiger partial charge is 0.327 e. The van der Waals surface area contributed by atoms with Crippen LogP contribution in [-0.4, -0.2) is 27.0 Å². The van der Waals surface area contributed by atoms with Crippen molar-refractivity contribution in [2.45, 2.75) is 37.3 Å². The van der Waals surface area contributed by atoms with E-state index < -0.39 is 5.97 Å². The summed E-state index contributed by atoms with van der Waals surface area (Å²) in [6.45, 7) is 5.71. The van der Waals surface area contributed by atoms with Crippen LogP contribution in [0.3, 0.4) is 0 Å². The molecule has 0 aliphatic heterocycles. The van der Waals surface area contributed by atoms with E-state index >= 15 is 0 Å². The number of ether oxygens (including phenoxy) is 2. The zero-order valence-electron chi connectivity index (χ0n) is 13.5. The summed E-state index contributed by atoms with van der Waals surface area (Å²) in [6, 6.07) is 5.30. The lowest BCUT2D eigenvalue weighted by Crippen LogP contribution is -2.28. The van der Waals surface area contributed by atoms with Gasteiger partial charge in [0.05, 0.1) is 18.2 Å². The summed E-state index contributed by atoms with van der Waals surface area (Å²) in [4.78, 5) is 24.0. The van der Waals surface area contributed by atoms with Crippen molar-refractivity contribution >= 4 is 39.3 Å². The molecule has 1 atom stereocenters. The van der Waals surface area contributed by atoms with Crippen LogP contribution in [0.4, 0.5) is 0 Å². The van der Waals surface area contributed by atoms with E-state index in [1.54, 1.807) is 12.1 Å². The summed E-state index contributed by atoms with van der Waals surface area (Å²) >= 11 is 2.17. The summed E-state index contributed by atoms with van der Waals surface area (Å²) in [5.41, 5.74) is 0.430. The van der Waals surface area contributed by atoms with Crippen LogP contribution in [0.1, 0.15) is 32.4 Å². The number of rotatable bonds is 5. The first kappa shape index (κ1) is 17.7. The average Bonchev–Trinajstić information content (AvgIpc) is 2.48. The second-order valence-corrected chi connectivity index (χ2v) is 7.20. The molecule has 0 spiro atoms. The monoisotopic (exact) mass is 430 g/mol. The molecular formula is C16H19IN2O4. The number of hydrogen-bond donors (Lipinski definition) is 0. The molecule has 0 N–H and O–H groups in total. The predicted molar refractivity (Wildman–Crippen MR) is 96.2 cm³/mol. The van der Waals surface area contributed by atoms with Crippen LogP contribution < -0.4 is 10.3 Å². The second-order valence-electron chi connectivity index (χ2n) is 5.45. The highest BCUT2D eigenvalue weighted by Gasteiger charge is 2.16. The van der Waals surface area contributed by atoms with Crippen molar-refractivity contribution in [3.8, 4) is 5.75 Å². The number of halogens is 1. The number of carbonyl (C=O) groups is 1. The van der Waals surface area contributed by atoms with Crippen LogP contribution in [0.5, 0.6) is 5.75 Å². The highest BCUT2D eigenvalue weighted by atomic mass is 127. The van der Waals surface area contributed by atoms with Crippen molar-refractivity contribution in [2.75, 3.05) is 7.11 Å². The second kappa shape index (κ2) is 7.29. The van der Waals surface area contributed by atoms with Gasteiger partial charge in [-0.05, 0) is 53.6 Å². The molecule has 23 heavy (non-hydrogen) atoms. The van der Waals surface area contributed by atoms with Crippen LogP contribution in [-0.2, 0) is 16.1 Å². The maximum atomic E-state index is 12.5. The molecular weight excluding hydrogens is 411 g/mol. The van der Waals surface area contributed by atoms with Crippen LogP contribution in [0.25, 0.3) is 10.8 Å². The van der Waals surface area contributed by atoms with Crippen LogP contribution in [0, 0.1) is 0 Å². The van der Waals surface area contributed by atoms with Gasteiger partial charge in [-0.25, -0.2) is 4.68 Å². The fourth-order valence-electron chi connectivity index (χ4n) is 2.27. The fourth-order valence-corrected chi connectivity index (χ4v) is 2.57. The Hall–Kier alpha value is -1.64. The van der Waals surface area contributed by atoms with Crippen LogP contribution in [0.2, 0.25) is 0 Å². The predicted octanol–water partition coefficient (Wildman–Crippen LogP) is 2.85. The van der Waals surface area contributed by atoms with Gasteiger partial charge in [-0.2, -0.15) is 5.10 Å². The lowest BCUT2D eigenvalue weighted by Gasteiger charge is -2.14. The largest absolute Gasteiger partial charge is 0.480 e. The van der Waals surface area contributed by atoms with Crippen molar-refractivity contribution < 1.29 is 14.3 Å². The van der Waals surface area contributed by atoms with E-state index in [0.717, 1.165) is 15.8 Å². The molecule has 0 amide bonds. The molecule has 1 aromatic carbocycles. The highest BCUT2D eigenvalue weighted by Crippen LogP contribution is 2.26. The van der Waals surface area contributed by atoms with Crippen molar-refractivity contribution in [1.82, 2.24) is 9.78 Å². The van der Waals surface area contributed by atoms with Gasteiger partial charge in [0.25, 0.3) is 5.56 Å². The lowest BCUT2D eigenvalue weighted by atomic mass is 10.0. The number of carbonyl (C=O) groups excluding carboxylic acids is 1. The van der Waals surface area contributed by atoms with Crippen molar-refractivity contribution in [3.05, 3.63) is 34.2 Å². The minimum absolute atomic E-state index is 0.0141. The maximum absolute atomic E-state index is 12.5. The minimum atomic E-state index is -0.507. The van der Waals surface area contributed by atoms with Gasteiger partial charge in [0.1, 0.15) is 16.4 Å². The molecule has 7 heteroatoms. The van der Waals surface area contributed by atoms with E-state index in [9.17, 15) is 9.59 Å². The SMILES string of the molecule is COC(=O)Cn1nc(C(C)C)c2cc(OC(C)I)ccc2c1=O. The maximum Gasteiger partial charge on any atom is 0.327 e. The molecule has 0 saturated carbocycles. The van der Waals surface area contributed by atoms with Crippen molar-refractivity contribution in [1.29, 1.82) is 0 Å². The van der Waals surface area contributed by atoms with E-state index in [2.05, 4.69) is 32.4 Å². The van der Waals surface area contributed by atoms with Crippen molar-refractivity contribution in [3.63, 3.8) is 0 Å². The molecule has 2 aromatic rings. The number of hydrogen-bond acceptors (Lipinski definition) is 5. The Morgan fingerprint density at radius 1 is 1.30 bits per heavy atom. The first-order valence-corrected chi connectivity index (χ1v) is 8.50. The summed E-state index contributed by atoms with van der Waals surface area (Å²) < 4.78 is 11.5. The molecule has 1 heterocycles. The normalized spacial score (nSPS) is 12.4. The van der Waals surface area contributed by atoms with E-state index in [-0.39, 0.29) is 22.1 Å². The molecule has 124 valence electrons. The molecule has 0 aliphatic carbocycles. The van der Waals surface area contributed by atoms with E-state index in [1.807, 2.05) is 26.8 Å². The van der Waals surface area contributed by atoms with Gasteiger partial charge >= 0.3 is 5.97 Å². The third kappa shape index (κ3) is 4.01. The van der Waals surface area contributed by atoms with Gasteiger partial charge in [-0.1, -0.05) is 13.8 Å². The van der Waals surface area contributed by atoms with Gasteiger partial charge in [0.2, 0.25) is 0 Å². The van der Waals surface area contributed by atoms with E-state index in [4.69, 9.17) is 4.74 Å². The standard InChI is InChI=1S/C16H19IN2O4/c1-9(2)15-13-7-11(23-10(3)17)5-6-12(13)16(21)19(18-15)8-14(20)22-4/h5-7,9-10H,8H2,1-4H3. The third-order valence-electron chi connectivity index (χ3n) is 3.31. The number of methoxy groups -OCH3 is 1. The molecule has 0 radical (unpaired) electrons. The Morgan fingerprint density at radius 2 is 2.00 bits per heavy atom. The summed E-state index contributed by atoms with van der Waals surface area (Å²) in [6.07, 6.45) is 0. The Labute approximate surface area is 147 Å². The molecule has 1 aromatic heterocycles. The number of aromatic nitrogens is 2. The summed E-state index contributed by atoms with van der Waals surface area (Å²) in [5, 5.41) is 5.62. The molecule has 6 nitrogen and oxygen atoms in total. The zero-order chi connectivity index (χ0) is 17.1. The number of esters is 1. The first-order valence-electron chi connectivity index (χ1n) is 7.25. The van der Waals surface area contributed by atoms with Crippen molar-refractivity contribution in [2.24, 2.45) is 0 Å². The fraction of sp³-hybridized carbons (Fsp3) is 0.438. The molecule has 2 rings (SSSR count). The van der Waals surface area contributed by atoms with Gasteiger partial charge in [0, 0.05) is 5.39 Å². The number of nitrogens with zero attached hydrogens (tertiary/aromatic N) is 2. The lowest BCUT2D eigenvalue weighted by molar-refractivity contribution is -0.141. The molecule has 0 aliphatic rings. The van der Waals surface area contributed by atoms with Gasteiger partial charge in [-0.3, -0.25) is 9.59 Å². The Bertz CT molecular complexity index is 783. The van der Waals surface area contributed by atoms with Crippen LogP contribution >= 0.6 is 22.6 Å². The van der Waals surface area contributed by atoms with E-state index in [0.29, 0.717) is 11.1 Å². The number of benzene rings is 1. The topological polar surface area (TPSA) is 70.4 Å². The Kier molecular flexibility index (Phi) is 5.61. The highest BCUT2D eigenvalue weighted by molar-refractivity contribution is 14.1. The van der Waals surface area contributed by atoms with E-state index in [1.165, 1.54) is 7.11 Å². The quantitative estimate of drug-likeness (QED) is 0.415. The van der Waals surface area contributed by atoms with Gasteiger partial charge in [-0.15, -0.1) is 0 Å². The molecule has 0 saturated heterocycles. The third-order valence-corrected chi connectivity index (χ3v) is 3.57. The minimum Gasteiger partial charge on any atom is -0.480 e. The molecule has 0 fully saturated rings. The zero-order valence-corrected chi connectivity index (χ0v) is 15.7. The first-order chi connectivity index (χ1) is 10.8. The van der Waals surface area contributed by atoms with Crippen LogP contribution in [0.15, 0.2) is 23.0 Å². The van der Waals surface area contributed by atoms with Gasteiger partial charge in [0.15, 0.2) is 0 Å². The Morgan fingerprint density at radius 3 is 2.57 bits per heavy atom. The summed E-state index contributed by atoms with van der Waals surface area (Å²) in [7, 11) is 1.28.